The second-order valence-corrected chi connectivity index (χ2v) is 15.6. The third-order valence-corrected chi connectivity index (χ3v) is 9.20. The smallest absolute Gasteiger partial charge is 0.410 e. The van der Waals surface area contributed by atoms with Crippen molar-refractivity contribution < 1.29 is 39.5 Å². The lowest BCUT2D eigenvalue weighted by molar-refractivity contribution is -0.112. The maximum Gasteiger partial charge on any atom is 0.410 e. The number of carbonyl (C=O) groups excluding carboxylic acids is 2. The lowest BCUT2D eigenvalue weighted by Gasteiger charge is -2.44. The molecule has 2 aliphatic rings. The van der Waals surface area contributed by atoms with Gasteiger partial charge in [0.15, 0.2) is 12.7 Å². The first-order chi connectivity index (χ1) is 24.4. The Balaban J connectivity index is 1.35. The number of para-hydroxylation sites is 2. The molecule has 14 nitrogen and oxygen atoms in total. The molecule has 52 heavy (non-hydrogen) atoms. The van der Waals surface area contributed by atoms with E-state index in [1.54, 1.807) is 43.5 Å². The molecule has 290 valence electrons. The number of hydrogen-bond donors (Lipinski definition) is 4. The molecule has 4 unspecified atom stereocenters. The number of benzene rings is 2. The Bertz CT molecular complexity index is 1370. The molecule has 0 fully saturated rings. The molecule has 2 amide bonds. The highest BCUT2D eigenvalue weighted by Gasteiger charge is 2.36. The van der Waals surface area contributed by atoms with Gasteiger partial charge in [0.05, 0.1) is 0 Å². The number of aliphatic hydroxyl groups excluding tert-OH is 4. The molecule has 2 aromatic carbocycles. The molecule has 0 aliphatic carbocycles. The third-order valence-electron chi connectivity index (χ3n) is 9.20. The van der Waals surface area contributed by atoms with Crippen molar-refractivity contribution in [3.8, 4) is 0 Å². The van der Waals surface area contributed by atoms with Crippen LogP contribution in [0.1, 0.15) is 90.8 Å². The van der Waals surface area contributed by atoms with Crippen LogP contribution in [0.4, 0.5) is 21.0 Å². The fraction of sp³-hybridized carbons (Fsp3) is 0.632. The van der Waals surface area contributed by atoms with Crippen LogP contribution in [0.25, 0.3) is 0 Å². The fourth-order valence-corrected chi connectivity index (χ4v) is 6.57. The van der Waals surface area contributed by atoms with Gasteiger partial charge in [0, 0.05) is 75.9 Å². The van der Waals surface area contributed by atoms with Gasteiger partial charge in [-0.25, -0.2) is 19.4 Å². The maximum atomic E-state index is 13.3. The number of amides is 2. The number of hydrogen-bond acceptors (Lipinski definition) is 12. The predicted octanol–water partition coefficient (Wildman–Crippen LogP) is 4.46. The van der Waals surface area contributed by atoms with Crippen molar-refractivity contribution in [2.45, 2.75) is 104 Å². The standard InChI is InChI=1S/C38H60N6O8/c1-37(2,3)51-35(49)41(23-15-25-43-31(45)27-17-9-11-19-29(27)39(7)33(43)47)21-13-14-22-42(36(50)52-38(4,5)6)24-16-26-44-32(46)28-18-10-12-20-30(28)40(8)34(44)48/h9-12,17-20,31-34,45-48H,13-16,21-26H2,1-8H3. The molecule has 14 heteroatoms. The van der Waals surface area contributed by atoms with Crippen molar-refractivity contribution in [1.29, 1.82) is 0 Å². The van der Waals surface area contributed by atoms with Gasteiger partial charge in [0.1, 0.15) is 23.7 Å². The Labute approximate surface area is 308 Å². The molecule has 0 bridgehead atoms. The molecular formula is C38H60N6O8. The molecule has 0 saturated heterocycles. The van der Waals surface area contributed by atoms with Crippen molar-refractivity contribution in [1.82, 2.24) is 19.6 Å². The van der Waals surface area contributed by atoms with Crippen LogP contribution >= 0.6 is 0 Å². The minimum absolute atomic E-state index is 0.328. The minimum Gasteiger partial charge on any atom is -0.444 e. The Hall–Kier alpha value is -3.66. The van der Waals surface area contributed by atoms with E-state index in [2.05, 4.69) is 0 Å². The summed E-state index contributed by atoms with van der Waals surface area (Å²) in [6.07, 6.45) is -2.85. The topological polar surface area (TPSA) is 153 Å². The second kappa shape index (κ2) is 17.4. The van der Waals surface area contributed by atoms with Gasteiger partial charge in [0.25, 0.3) is 0 Å². The summed E-state index contributed by atoms with van der Waals surface area (Å²) < 4.78 is 11.4. The van der Waals surface area contributed by atoms with Gasteiger partial charge in [-0.3, -0.25) is 0 Å². The highest BCUT2D eigenvalue weighted by Crippen LogP contribution is 2.36. The van der Waals surface area contributed by atoms with E-state index >= 15 is 0 Å². The summed E-state index contributed by atoms with van der Waals surface area (Å²) >= 11 is 0. The number of anilines is 2. The first-order valence-corrected chi connectivity index (χ1v) is 18.2. The number of carbonyl (C=O) groups is 2. The van der Waals surface area contributed by atoms with Gasteiger partial charge in [-0.2, -0.15) is 0 Å². The van der Waals surface area contributed by atoms with E-state index < -0.39 is 48.5 Å². The highest BCUT2D eigenvalue weighted by molar-refractivity contribution is 5.68. The van der Waals surface area contributed by atoms with Crippen LogP contribution in [0, 0.1) is 0 Å². The summed E-state index contributed by atoms with van der Waals surface area (Å²) in [4.78, 5) is 36.4. The van der Waals surface area contributed by atoms with Crippen molar-refractivity contribution in [3.63, 3.8) is 0 Å². The van der Waals surface area contributed by atoms with Crippen LogP contribution in [0.2, 0.25) is 0 Å². The molecule has 0 spiro atoms. The van der Waals surface area contributed by atoms with Gasteiger partial charge in [-0.15, -0.1) is 0 Å². The van der Waals surface area contributed by atoms with Crippen LogP contribution < -0.4 is 9.80 Å². The molecule has 0 saturated carbocycles. The van der Waals surface area contributed by atoms with Gasteiger partial charge in [-0.1, -0.05) is 36.4 Å². The summed E-state index contributed by atoms with van der Waals surface area (Å²) in [6.45, 7) is 13.0. The minimum atomic E-state index is -1.03. The monoisotopic (exact) mass is 728 g/mol. The van der Waals surface area contributed by atoms with E-state index in [0.717, 1.165) is 11.4 Å². The molecule has 0 radical (unpaired) electrons. The Morgan fingerprint density at radius 3 is 1.27 bits per heavy atom. The molecule has 4 N–H and O–H groups in total. The zero-order chi connectivity index (χ0) is 38.4. The fourth-order valence-electron chi connectivity index (χ4n) is 6.57. The van der Waals surface area contributed by atoms with Crippen molar-refractivity contribution >= 4 is 23.6 Å². The Morgan fingerprint density at radius 2 is 0.923 bits per heavy atom. The molecule has 4 atom stereocenters. The predicted molar refractivity (Wildman–Crippen MR) is 199 cm³/mol. The zero-order valence-electron chi connectivity index (χ0n) is 32.1. The SMILES string of the molecule is CN1c2ccccc2C(O)N(CCCN(CCCCN(CCCN2C(O)c3ccccc3N(C)C2O)C(=O)OC(C)(C)C)C(=O)OC(C)(C)C)C1O. The average Bonchev–Trinajstić information content (AvgIpc) is 3.07. The lowest BCUT2D eigenvalue weighted by atomic mass is 10.1. The van der Waals surface area contributed by atoms with Crippen LogP contribution in [-0.4, -0.2) is 129 Å². The highest BCUT2D eigenvalue weighted by atomic mass is 16.6. The van der Waals surface area contributed by atoms with Crippen LogP contribution in [0.5, 0.6) is 0 Å². The number of nitrogens with zero attached hydrogens (tertiary/aromatic N) is 6. The van der Waals surface area contributed by atoms with Gasteiger partial charge in [0.2, 0.25) is 0 Å². The lowest BCUT2D eigenvalue weighted by Crippen LogP contribution is -2.53. The molecule has 2 aliphatic heterocycles. The summed E-state index contributed by atoms with van der Waals surface area (Å²) in [5.74, 6) is 0. The number of unbranched alkanes of at least 4 members (excludes halogenated alkanes) is 1. The normalized spacial score (nSPS) is 21.0. The first-order valence-electron chi connectivity index (χ1n) is 18.2. The summed E-state index contributed by atoms with van der Waals surface area (Å²) in [5.41, 5.74) is 1.54. The van der Waals surface area contributed by atoms with Crippen LogP contribution in [0.3, 0.4) is 0 Å². The van der Waals surface area contributed by atoms with Crippen molar-refractivity contribution in [2.24, 2.45) is 0 Å². The first kappa shape index (κ1) is 41.1. The largest absolute Gasteiger partial charge is 0.444 e. The second-order valence-electron chi connectivity index (χ2n) is 15.6. The van der Waals surface area contributed by atoms with E-state index in [1.165, 1.54) is 0 Å². The molecule has 2 heterocycles. The quantitative estimate of drug-likeness (QED) is 0.216. The van der Waals surface area contributed by atoms with Crippen LogP contribution in [-0.2, 0) is 9.47 Å². The molecular weight excluding hydrogens is 668 g/mol. The summed E-state index contributed by atoms with van der Waals surface area (Å²) in [6, 6.07) is 14.8. The van der Waals surface area contributed by atoms with Crippen molar-refractivity contribution in [2.75, 3.05) is 63.2 Å². The van der Waals surface area contributed by atoms with Crippen LogP contribution in [0.15, 0.2) is 48.5 Å². The number of rotatable bonds is 13. The average molecular weight is 729 g/mol. The number of ether oxygens (including phenoxy) is 2. The summed E-state index contributed by atoms with van der Waals surface area (Å²) in [7, 11) is 3.54. The van der Waals surface area contributed by atoms with Gasteiger partial charge < -0.3 is 49.5 Å². The number of aliphatic hydroxyl groups is 4. The Kier molecular flexibility index (Phi) is 13.8. The summed E-state index contributed by atoms with van der Waals surface area (Å²) in [5, 5.41) is 44.0. The molecule has 0 aromatic heterocycles. The van der Waals surface area contributed by atoms with E-state index in [1.807, 2.05) is 90.1 Å². The molecule has 4 rings (SSSR count). The van der Waals surface area contributed by atoms with E-state index in [4.69, 9.17) is 9.47 Å². The van der Waals surface area contributed by atoms with E-state index in [0.29, 0.717) is 76.1 Å². The molecule has 2 aromatic rings. The zero-order valence-corrected chi connectivity index (χ0v) is 32.1. The van der Waals surface area contributed by atoms with Crippen molar-refractivity contribution in [3.05, 3.63) is 59.7 Å². The van der Waals surface area contributed by atoms with Gasteiger partial charge in [-0.05, 0) is 79.4 Å². The number of fused-ring (bicyclic) bond motifs is 2. The Morgan fingerprint density at radius 1 is 0.596 bits per heavy atom. The van der Waals surface area contributed by atoms with E-state index in [9.17, 15) is 30.0 Å². The van der Waals surface area contributed by atoms with E-state index in [-0.39, 0.29) is 0 Å². The maximum absolute atomic E-state index is 13.3. The third kappa shape index (κ3) is 10.5. The van der Waals surface area contributed by atoms with Gasteiger partial charge >= 0.3 is 12.2 Å².